The Morgan fingerprint density at radius 3 is 2.54 bits per heavy atom. The fourth-order valence-corrected chi connectivity index (χ4v) is 7.46. The smallest absolute Gasteiger partial charge is 0.432 e. The van der Waals surface area contributed by atoms with Crippen LogP contribution in [0.25, 0.3) is 0 Å². The van der Waals surface area contributed by atoms with E-state index in [0.29, 0.717) is 11.3 Å². The Balaban J connectivity index is 1.78. The minimum atomic E-state index is -3.74. The molecule has 0 saturated carbocycles. The number of hydrogen-bond donors (Lipinski definition) is 4. The van der Waals surface area contributed by atoms with Crippen molar-refractivity contribution in [2.45, 2.75) is 40.3 Å². The molecule has 14 heteroatoms. The minimum Gasteiger partial charge on any atom is -0.509 e. The van der Waals surface area contributed by atoms with E-state index < -0.39 is 41.1 Å². The number of rotatable bonds is 7. The highest BCUT2D eigenvalue weighted by atomic mass is 79.9. The van der Waals surface area contributed by atoms with Gasteiger partial charge in [-0.15, -0.1) is 0 Å². The molecule has 2 aliphatic heterocycles. The van der Waals surface area contributed by atoms with E-state index in [1.165, 1.54) is 29.2 Å². The minimum absolute atomic E-state index is 0.0601. The van der Waals surface area contributed by atoms with Crippen LogP contribution in [0.4, 0.5) is 15.8 Å². The van der Waals surface area contributed by atoms with Crippen LogP contribution >= 0.6 is 23.8 Å². The number of benzene rings is 2. The van der Waals surface area contributed by atoms with Crippen molar-refractivity contribution in [2.24, 2.45) is 10.2 Å². The van der Waals surface area contributed by atoms with Gasteiger partial charge in [-0.05, 0) is 62.9 Å². The Hall–Kier alpha value is -2.57. The highest BCUT2D eigenvalue weighted by Gasteiger charge is 2.53. The van der Waals surface area contributed by atoms with E-state index in [9.17, 15) is 27.6 Å². The van der Waals surface area contributed by atoms with Crippen LogP contribution in [0.15, 0.2) is 57.0 Å². The lowest BCUT2D eigenvalue weighted by Gasteiger charge is -2.35. The van der Waals surface area contributed by atoms with Crippen molar-refractivity contribution < 1.29 is 32.1 Å². The first kappa shape index (κ1) is 29.4. The number of amides is 1. The first-order valence-corrected chi connectivity index (χ1v) is 16.3. The number of hydrogen-bond acceptors (Lipinski definition) is 8. The molecule has 0 radical (unpaired) electrons. The van der Waals surface area contributed by atoms with Crippen molar-refractivity contribution in [3.05, 3.63) is 63.6 Å². The molecule has 2 aliphatic rings. The number of carbonyl (C=O) groups excluding carboxylic acids is 1. The number of aliphatic hydroxyl groups is 1. The molecule has 39 heavy (non-hydrogen) atoms. The Labute approximate surface area is 235 Å². The third-order valence-corrected chi connectivity index (χ3v) is 9.41. The van der Waals surface area contributed by atoms with Gasteiger partial charge in [0, 0.05) is 12.6 Å². The molecule has 0 aromatic heterocycles. The monoisotopic (exact) mass is 643 g/mol. The maximum Gasteiger partial charge on any atom is 0.432 e. The molecule has 0 saturated heterocycles. The predicted molar refractivity (Wildman–Crippen MR) is 154 cm³/mol. The lowest BCUT2D eigenvalue weighted by molar-refractivity contribution is -0.129. The van der Waals surface area contributed by atoms with Gasteiger partial charge in [-0.25, -0.2) is 12.8 Å². The second kappa shape index (κ2) is 10.4. The molecule has 2 aromatic carbocycles. The zero-order chi connectivity index (χ0) is 28.9. The van der Waals surface area contributed by atoms with Crippen molar-refractivity contribution in [1.82, 2.24) is 4.90 Å². The molecule has 0 spiro atoms. The summed E-state index contributed by atoms with van der Waals surface area (Å²) in [7, 11) is -7.32. The molecule has 0 bridgehead atoms. The van der Waals surface area contributed by atoms with Gasteiger partial charge < -0.3 is 15.3 Å². The van der Waals surface area contributed by atoms with Crippen molar-refractivity contribution >= 4 is 62.2 Å². The Morgan fingerprint density at radius 2 is 1.95 bits per heavy atom. The van der Waals surface area contributed by atoms with E-state index in [4.69, 9.17) is 4.52 Å². The fraction of sp³-hybridized carbons (Fsp3) is 0.360. The van der Waals surface area contributed by atoms with Gasteiger partial charge in [-0.2, -0.15) is 9.42 Å². The summed E-state index contributed by atoms with van der Waals surface area (Å²) >= 11 is 3.17. The van der Waals surface area contributed by atoms with E-state index in [1.54, 1.807) is 19.1 Å². The average molecular weight is 644 g/mol. The molecular formula is C25H30BrFN4O6PS+. The topological polar surface area (TPSA) is 141 Å². The molecule has 0 fully saturated rings. The second-order valence-corrected chi connectivity index (χ2v) is 15.0. The lowest BCUT2D eigenvalue weighted by Crippen LogP contribution is -2.43. The molecule has 2 heterocycles. The number of anilines is 2. The molecule has 1 unspecified atom stereocenters. The van der Waals surface area contributed by atoms with Gasteiger partial charge in [0.15, 0.2) is 5.84 Å². The normalized spacial score (nSPS) is 21.5. The fourth-order valence-electron chi connectivity index (χ4n) is 4.64. The second-order valence-electron chi connectivity index (χ2n) is 10.4. The van der Waals surface area contributed by atoms with Crippen molar-refractivity contribution in [1.29, 1.82) is 0 Å². The van der Waals surface area contributed by atoms with Crippen LogP contribution < -0.4 is 15.3 Å². The molecule has 10 nitrogen and oxygen atoms in total. The summed E-state index contributed by atoms with van der Waals surface area (Å²) in [5, 5.41) is 14.7. The van der Waals surface area contributed by atoms with Crippen LogP contribution in [0.3, 0.4) is 0 Å². The molecule has 1 amide bonds. The maximum atomic E-state index is 13.8. The van der Waals surface area contributed by atoms with Crippen LogP contribution in [-0.2, 0) is 25.9 Å². The number of sulfonamides is 1. The van der Waals surface area contributed by atoms with E-state index in [0.717, 1.165) is 6.26 Å². The Bertz CT molecular complexity index is 1510. The van der Waals surface area contributed by atoms with Crippen LogP contribution in [0.5, 0.6) is 0 Å². The first-order valence-electron chi connectivity index (χ1n) is 12.0. The molecule has 2 aromatic rings. The zero-order valence-corrected chi connectivity index (χ0v) is 25.3. The summed E-state index contributed by atoms with van der Waals surface area (Å²) in [4.78, 5) is 26.9. The number of amidine groups is 1. The number of nitrogens with one attached hydrogen (secondary N) is 2. The van der Waals surface area contributed by atoms with Gasteiger partial charge in [0.05, 0.1) is 34.8 Å². The molecule has 4 rings (SSSR count). The molecule has 0 aliphatic carbocycles. The van der Waals surface area contributed by atoms with Gasteiger partial charge in [0.1, 0.15) is 17.1 Å². The van der Waals surface area contributed by atoms with E-state index in [1.807, 2.05) is 20.8 Å². The van der Waals surface area contributed by atoms with E-state index in [2.05, 4.69) is 30.7 Å². The van der Waals surface area contributed by atoms with Crippen molar-refractivity contribution in [2.75, 3.05) is 22.9 Å². The quantitative estimate of drug-likeness (QED) is 0.326. The SMILES string of the molecule is CCO[P+]1(O)N=C(C2=C(O)[C@H](C(C)(C)C)N(Cc3ccc(F)c(Br)c3)C2=O)Nc2ccc(NS(C)(=O)=O)cc21. The number of halogens is 2. The van der Waals surface area contributed by atoms with E-state index >= 15 is 0 Å². The van der Waals surface area contributed by atoms with E-state index in [-0.39, 0.29) is 45.8 Å². The number of carbonyl (C=O) groups is 1. The standard InChI is InChI=1S/C25H29BrFN4O6PS/c1-6-37-38(34)19-12-15(30-39(5,35)36)8-10-18(19)28-23(29-38)20-21(32)22(25(2,3)4)31(24(20)33)13-14-7-9-17(27)16(26)11-14/h7-12,22,30,34H,6,13H2,1-5H3,(H-,28,29,32,33)/p+1/t22-,38?/m1/s1. The van der Waals surface area contributed by atoms with Crippen molar-refractivity contribution in [3.63, 3.8) is 0 Å². The highest BCUT2D eigenvalue weighted by molar-refractivity contribution is 9.10. The summed E-state index contributed by atoms with van der Waals surface area (Å²) in [5.74, 6) is -1.24. The maximum absolute atomic E-state index is 13.8. The number of nitrogens with zero attached hydrogens (tertiary/aromatic N) is 2. The summed E-state index contributed by atoms with van der Waals surface area (Å²) in [5.41, 5.74) is 0.498. The van der Waals surface area contributed by atoms with Gasteiger partial charge in [0.25, 0.3) is 5.91 Å². The average Bonchev–Trinajstić information content (AvgIpc) is 3.05. The predicted octanol–water partition coefficient (Wildman–Crippen LogP) is 4.47. The van der Waals surface area contributed by atoms with Gasteiger partial charge in [-0.1, -0.05) is 26.8 Å². The van der Waals surface area contributed by atoms with Crippen LogP contribution in [0.2, 0.25) is 0 Å². The third-order valence-electron chi connectivity index (χ3n) is 6.11. The zero-order valence-electron chi connectivity index (χ0n) is 22.0. The molecule has 210 valence electrons. The lowest BCUT2D eigenvalue weighted by atomic mass is 9.85. The molecule has 4 N–H and O–H groups in total. The van der Waals surface area contributed by atoms with Gasteiger partial charge >= 0.3 is 7.87 Å². The molecular weight excluding hydrogens is 614 g/mol. The van der Waals surface area contributed by atoms with Gasteiger partial charge in [-0.3, -0.25) is 9.52 Å². The number of fused-ring (bicyclic) bond motifs is 1. The summed E-state index contributed by atoms with van der Waals surface area (Å²) in [6, 6.07) is 8.15. The summed E-state index contributed by atoms with van der Waals surface area (Å²) < 4.78 is 50.0. The first-order chi connectivity index (χ1) is 18.0. The largest absolute Gasteiger partial charge is 0.509 e. The number of aliphatic hydroxyl groups excluding tert-OH is 1. The molecule has 2 atom stereocenters. The van der Waals surface area contributed by atoms with Crippen molar-refractivity contribution in [3.8, 4) is 0 Å². The third kappa shape index (κ3) is 5.97. The van der Waals surface area contributed by atoms with Gasteiger partial charge in [0.2, 0.25) is 15.3 Å². The Kier molecular flexibility index (Phi) is 7.87. The Morgan fingerprint density at radius 1 is 1.26 bits per heavy atom. The van der Waals surface area contributed by atoms with Crippen LogP contribution in [-0.4, -0.2) is 54.0 Å². The summed E-state index contributed by atoms with van der Waals surface area (Å²) in [6.07, 6.45) is 1.01. The summed E-state index contributed by atoms with van der Waals surface area (Å²) in [6.45, 7) is 7.47. The highest BCUT2D eigenvalue weighted by Crippen LogP contribution is 2.60. The van der Waals surface area contributed by atoms with Crippen LogP contribution in [0.1, 0.15) is 33.3 Å². The van der Waals surface area contributed by atoms with Crippen LogP contribution in [0, 0.1) is 11.2 Å².